The van der Waals surface area contributed by atoms with Crippen LogP contribution >= 0.6 is 51.3 Å². The maximum absolute atomic E-state index is 13.7. The summed E-state index contributed by atoms with van der Waals surface area (Å²) in [5.41, 5.74) is 1.17. The summed E-state index contributed by atoms with van der Waals surface area (Å²) in [5.74, 6) is -0.156. The standard InChI is InChI=1S/C24H18BrCl2N3O2S/c1-24-20(22(31)28-16-7-3-14(26)4-8-16)21(18-12-13(25)2-11-19(18)32-24)29-23(33)30(24)17-9-5-15(27)6-10-17/h2-12,20-21H,1H3,(H,28,31)(H,29,33)/t20-,21+,24-/m0/s1. The minimum Gasteiger partial charge on any atom is -0.467 e. The highest BCUT2D eigenvalue weighted by Crippen LogP contribution is 2.50. The number of carbonyl (C=O) groups excluding carboxylic acids is 1. The Morgan fingerprint density at radius 3 is 2.39 bits per heavy atom. The maximum atomic E-state index is 13.7. The molecule has 2 heterocycles. The van der Waals surface area contributed by atoms with Gasteiger partial charge in [-0.3, -0.25) is 9.69 Å². The predicted molar refractivity (Wildman–Crippen MR) is 139 cm³/mol. The van der Waals surface area contributed by atoms with Crippen molar-refractivity contribution in [1.82, 2.24) is 5.32 Å². The van der Waals surface area contributed by atoms with E-state index in [4.69, 9.17) is 40.2 Å². The van der Waals surface area contributed by atoms with E-state index in [1.165, 1.54) is 0 Å². The fourth-order valence-corrected chi connectivity index (χ4v) is 5.53. The van der Waals surface area contributed by atoms with Gasteiger partial charge in [-0.2, -0.15) is 0 Å². The first-order valence-corrected chi connectivity index (χ1v) is 12.1. The van der Waals surface area contributed by atoms with Gasteiger partial charge >= 0.3 is 0 Å². The minimum absolute atomic E-state index is 0.204. The molecule has 0 unspecified atom stereocenters. The number of nitrogens with one attached hydrogen (secondary N) is 2. The van der Waals surface area contributed by atoms with Gasteiger partial charge in [-0.15, -0.1) is 0 Å². The Morgan fingerprint density at radius 1 is 1.09 bits per heavy atom. The molecule has 0 aliphatic carbocycles. The number of ether oxygens (including phenoxy) is 1. The fraction of sp³-hybridized carbons (Fsp3) is 0.167. The number of fused-ring (bicyclic) bond motifs is 4. The van der Waals surface area contributed by atoms with Crippen molar-refractivity contribution in [3.63, 3.8) is 0 Å². The quantitative estimate of drug-likeness (QED) is 0.354. The molecule has 1 saturated heterocycles. The lowest BCUT2D eigenvalue weighted by Gasteiger charge is -2.56. The second-order valence-corrected chi connectivity index (χ2v) is 10.2. The lowest BCUT2D eigenvalue weighted by Crippen LogP contribution is -2.72. The van der Waals surface area contributed by atoms with Crippen LogP contribution in [0.2, 0.25) is 10.0 Å². The van der Waals surface area contributed by atoms with Crippen LogP contribution in [-0.2, 0) is 4.79 Å². The number of hydrogen-bond acceptors (Lipinski definition) is 3. The summed E-state index contributed by atoms with van der Waals surface area (Å²) in [4.78, 5) is 15.6. The topological polar surface area (TPSA) is 53.6 Å². The zero-order valence-corrected chi connectivity index (χ0v) is 21.2. The summed E-state index contributed by atoms with van der Waals surface area (Å²) in [6.45, 7) is 1.89. The van der Waals surface area contributed by atoms with Crippen molar-refractivity contribution in [3.8, 4) is 5.75 Å². The average Bonchev–Trinajstić information content (AvgIpc) is 2.77. The first-order chi connectivity index (χ1) is 15.8. The van der Waals surface area contributed by atoms with Crippen LogP contribution in [0.1, 0.15) is 18.5 Å². The van der Waals surface area contributed by atoms with Crippen LogP contribution in [-0.4, -0.2) is 16.7 Å². The molecule has 0 aromatic heterocycles. The Kier molecular flexibility index (Phi) is 5.77. The Hall–Kier alpha value is -2.32. The molecule has 168 valence electrons. The number of rotatable bonds is 3. The van der Waals surface area contributed by atoms with E-state index in [9.17, 15) is 4.79 Å². The highest BCUT2D eigenvalue weighted by atomic mass is 79.9. The summed E-state index contributed by atoms with van der Waals surface area (Å²) < 4.78 is 7.45. The lowest BCUT2D eigenvalue weighted by atomic mass is 9.78. The first kappa shape index (κ1) is 22.5. The van der Waals surface area contributed by atoms with Crippen LogP contribution in [0.4, 0.5) is 11.4 Å². The van der Waals surface area contributed by atoms with E-state index in [1.54, 1.807) is 36.4 Å². The molecular weight excluding hydrogens is 545 g/mol. The number of hydrogen-bond donors (Lipinski definition) is 2. The smallest absolute Gasteiger partial charge is 0.236 e. The minimum atomic E-state index is -1.10. The normalized spacial score (nSPS) is 23.3. The van der Waals surface area contributed by atoms with E-state index >= 15 is 0 Å². The number of thiocarbonyl (C=S) groups is 1. The Balaban J connectivity index is 1.62. The molecule has 0 radical (unpaired) electrons. The molecule has 5 rings (SSSR count). The summed E-state index contributed by atoms with van der Waals surface area (Å²) in [6.07, 6.45) is 0. The van der Waals surface area contributed by atoms with Gasteiger partial charge in [-0.05, 0) is 85.9 Å². The summed E-state index contributed by atoms with van der Waals surface area (Å²) in [6, 6.07) is 19.7. The molecule has 2 aliphatic heterocycles. The second kappa shape index (κ2) is 8.47. The SMILES string of the molecule is C[C@@]12Oc3ccc(Br)cc3[C@@H](NC(=S)N1c1ccc(Cl)cc1)[C@H]2C(=O)Nc1ccc(Cl)cc1. The van der Waals surface area contributed by atoms with Crippen LogP contribution in [0.25, 0.3) is 0 Å². The third kappa shape index (κ3) is 3.97. The Labute approximate surface area is 215 Å². The van der Waals surface area contributed by atoms with Crippen LogP contribution in [0, 0.1) is 5.92 Å². The van der Waals surface area contributed by atoms with E-state index in [2.05, 4.69) is 26.6 Å². The van der Waals surface area contributed by atoms with Crippen LogP contribution < -0.4 is 20.3 Å². The summed E-state index contributed by atoms with van der Waals surface area (Å²) in [7, 11) is 0. The van der Waals surface area contributed by atoms with Crippen molar-refractivity contribution < 1.29 is 9.53 Å². The number of amides is 1. The van der Waals surface area contributed by atoms with E-state index in [0.29, 0.717) is 26.6 Å². The molecule has 5 nitrogen and oxygen atoms in total. The zero-order valence-electron chi connectivity index (χ0n) is 17.3. The van der Waals surface area contributed by atoms with Gasteiger partial charge in [0.15, 0.2) is 10.8 Å². The molecule has 3 aromatic rings. The van der Waals surface area contributed by atoms with Gasteiger partial charge in [0.2, 0.25) is 5.91 Å². The number of halogens is 3. The molecule has 2 bridgehead atoms. The van der Waals surface area contributed by atoms with Gasteiger partial charge in [0.05, 0.1) is 6.04 Å². The second-order valence-electron chi connectivity index (χ2n) is 8.05. The zero-order chi connectivity index (χ0) is 23.3. The molecule has 3 atom stereocenters. The summed E-state index contributed by atoms with van der Waals surface area (Å²) >= 11 is 21.4. The van der Waals surface area contributed by atoms with E-state index in [1.807, 2.05) is 42.2 Å². The van der Waals surface area contributed by atoms with Crippen molar-refractivity contribution in [2.75, 3.05) is 10.2 Å². The molecule has 0 saturated carbocycles. The summed E-state index contributed by atoms with van der Waals surface area (Å²) in [5, 5.41) is 8.07. The van der Waals surface area contributed by atoms with Gasteiger partial charge in [0, 0.05) is 31.5 Å². The number of benzene rings is 3. The molecule has 9 heteroatoms. The maximum Gasteiger partial charge on any atom is 0.236 e. The monoisotopic (exact) mass is 561 g/mol. The Morgan fingerprint density at radius 2 is 1.73 bits per heavy atom. The van der Waals surface area contributed by atoms with Crippen LogP contribution in [0.3, 0.4) is 0 Å². The highest BCUT2D eigenvalue weighted by molar-refractivity contribution is 9.10. The molecule has 3 aromatic carbocycles. The molecule has 33 heavy (non-hydrogen) atoms. The molecule has 2 N–H and O–H groups in total. The number of carbonyl (C=O) groups is 1. The van der Waals surface area contributed by atoms with Crippen molar-refractivity contribution in [2.45, 2.75) is 18.7 Å². The van der Waals surface area contributed by atoms with Gasteiger partial charge in [-0.25, -0.2) is 0 Å². The van der Waals surface area contributed by atoms with Crippen molar-refractivity contribution >= 4 is 73.7 Å². The average molecular weight is 563 g/mol. The van der Waals surface area contributed by atoms with E-state index in [-0.39, 0.29) is 11.9 Å². The largest absolute Gasteiger partial charge is 0.467 e. The third-order valence-corrected chi connectivity index (χ3v) is 7.24. The van der Waals surface area contributed by atoms with Crippen LogP contribution in [0.15, 0.2) is 71.2 Å². The van der Waals surface area contributed by atoms with E-state index < -0.39 is 11.6 Å². The van der Waals surface area contributed by atoms with Crippen molar-refractivity contribution in [2.24, 2.45) is 5.92 Å². The van der Waals surface area contributed by atoms with E-state index in [0.717, 1.165) is 15.7 Å². The van der Waals surface area contributed by atoms with Crippen LogP contribution in [0.5, 0.6) is 5.75 Å². The van der Waals surface area contributed by atoms with Gasteiger partial charge in [0.25, 0.3) is 0 Å². The van der Waals surface area contributed by atoms with Gasteiger partial charge < -0.3 is 15.4 Å². The lowest BCUT2D eigenvalue weighted by molar-refractivity contribution is -0.130. The van der Waals surface area contributed by atoms with Gasteiger partial charge in [-0.1, -0.05) is 39.1 Å². The molecule has 0 spiro atoms. The molecule has 2 aliphatic rings. The van der Waals surface area contributed by atoms with Gasteiger partial charge in [0.1, 0.15) is 11.7 Å². The molecular formula is C24H18BrCl2N3O2S. The Bertz CT molecular complexity index is 1260. The van der Waals surface area contributed by atoms with Crippen molar-refractivity contribution in [3.05, 3.63) is 86.8 Å². The number of anilines is 2. The fourth-order valence-electron chi connectivity index (χ4n) is 4.49. The first-order valence-electron chi connectivity index (χ1n) is 10.2. The molecule has 1 amide bonds. The van der Waals surface area contributed by atoms with Crippen molar-refractivity contribution in [1.29, 1.82) is 0 Å². The predicted octanol–water partition coefficient (Wildman–Crippen LogP) is 6.56. The molecule has 1 fully saturated rings. The number of nitrogens with zero attached hydrogens (tertiary/aromatic N) is 1. The highest BCUT2D eigenvalue weighted by Gasteiger charge is 2.59. The third-order valence-electron chi connectivity index (χ3n) is 5.94.